The first kappa shape index (κ1) is 16.1. The summed E-state index contributed by atoms with van der Waals surface area (Å²) in [6.45, 7) is 6.43. The maximum atomic E-state index is 12.8. The van der Waals surface area contributed by atoms with Gasteiger partial charge in [-0.15, -0.1) is 0 Å². The van der Waals surface area contributed by atoms with E-state index in [9.17, 15) is 8.42 Å². The predicted molar refractivity (Wildman–Crippen MR) is 84.2 cm³/mol. The van der Waals surface area contributed by atoms with Gasteiger partial charge in [0.1, 0.15) is 10.6 Å². The average Bonchev–Trinajstić information content (AvgIpc) is 2.88. The lowest BCUT2D eigenvalue weighted by Gasteiger charge is -2.33. The van der Waals surface area contributed by atoms with Crippen molar-refractivity contribution in [1.82, 2.24) is 19.3 Å². The van der Waals surface area contributed by atoms with Crippen molar-refractivity contribution < 1.29 is 12.9 Å². The van der Waals surface area contributed by atoms with Crippen molar-refractivity contribution in [3.8, 4) is 0 Å². The van der Waals surface area contributed by atoms with Crippen LogP contribution < -0.4 is 0 Å². The number of sulfonamides is 1. The van der Waals surface area contributed by atoms with Crippen LogP contribution in [0.2, 0.25) is 0 Å². The summed E-state index contributed by atoms with van der Waals surface area (Å²) in [6, 6.07) is 3.96. The summed E-state index contributed by atoms with van der Waals surface area (Å²) in [5.74, 6) is 0.349. The molecule has 0 aliphatic carbocycles. The zero-order valence-corrected chi connectivity index (χ0v) is 14.1. The lowest BCUT2D eigenvalue weighted by molar-refractivity contribution is 0.181. The molecule has 0 spiro atoms. The Balaban J connectivity index is 1.67. The maximum absolute atomic E-state index is 12.8. The van der Waals surface area contributed by atoms with E-state index in [0.29, 0.717) is 37.6 Å². The Kier molecular flexibility index (Phi) is 4.47. The second-order valence-electron chi connectivity index (χ2n) is 5.69. The van der Waals surface area contributed by atoms with Crippen molar-refractivity contribution in [3.05, 3.63) is 41.5 Å². The molecule has 1 saturated heterocycles. The molecule has 0 aromatic carbocycles. The zero-order chi connectivity index (χ0) is 16.4. The predicted octanol–water partition coefficient (Wildman–Crippen LogP) is 1.19. The molecule has 0 N–H and O–H groups in total. The summed E-state index contributed by atoms with van der Waals surface area (Å²) < 4.78 is 32.0. The van der Waals surface area contributed by atoms with Crippen LogP contribution in [-0.4, -0.2) is 53.9 Å². The highest BCUT2D eigenvalue weighted by Gasteiger charge is 2.33. The highest BCUT2D eigenvalue weighted by molar-refractivity contribution is 7.89. The zero-order valence-electron chi connectivity index (χ0n) is 13.3. The Hall–Kier alpha value is -1.77. The number of hydrogen-bond acceptors (Lipinski definition) is 6. The van der Waals surface area contributed by atoms with Gasteiger partial charge in [0.2, 0.25) is 10.0 Å². The molecule has 7 nitrogen and oxygen atoms in total. The molecule has 0 amide bonds. The van der Waals surface area contributed by atoms with Crippen LogP contribution in [-0.2, 0) is 16.6 Å². The van der Waals surface area contributed by atoms with Gasteiger partial charge in [0.15, 0.2) is 5.76 Å². The van der Waals surface area contributed by atoms with Gasteiger partial charge >= 0.3 is 0 Å². The molecule has 0 atom stereocenters. The molecule has 1 aliphatic rings. The van der Waals surface area contributed by atoms with Gasteiger partial charge in [-0.05, 0) is 31.5 Å². The van der Waals surface area contributed by atoms with E-state index in [0.717, 1.165) is 6.54 Å². The van der Waals surface area contributed by atoms with Crippen LogP contribution in [0.3, 0.4) is 0 Å². The lowest BCUT2D eigenvalue weighted by Crippen LogP contribution is -2.48. The van der Waals surface area contributed by atoms with E-state index in [-0.39, 0.29) is 4.90 Å². The smallest absolute Gasteiger partial charge is 0.248 e. The molecule has 2 aromatic rings. The topological polar surface area (TPSA) is 79.5 Å². The molecule has 1 fully saturated rings. The number of piperazine rings is 1. The SMILES string of the molecule is Cc1noc(C)c1S(=O)(=O)N1CCN(Cc2ccncc2)CC1. The lowest BCUT2D eigenvalue weighted by atomic mass is 10.2. The third-order valence-corrected chi connectivity index (χ3v) is 6.20. The molecule has 23 heavy (non-hydrogen) atoms. The van der Waals surface area contributed by atoms with Crippen LogP contribution in [0.1, 0.15) is 17.0 Å². The summed E-state index contributed by atoms with van der Waals surface area (Å²) in [7, 11) is -3.54. The third-order valence-electron chi connectivity index (χ3n) is 4.05. The normalized spacial score (nSPS) is 17.5. The molecule has 3 rings (SSSR count). The van der Waals surface area contributed by atoms with Crippen LogP contribution in [0.25, 0.3) is 0 Å². The summed E-state index contributed by atoms with van der Waals surface area (Å²) in [6.07, 6.45) is 3.54. The number of pyridine rings is 1. The molecule has 0 radical (unpaired) electrons. The van der Waals surface area contributed by atoms with E-state index in [1.54, 1.807) is 26.2 Å². The van der Waals surface area contributed by atoms with E-state index >= 15 is 0 Å². The number of nitrogens with zero attached hydrogens (tertiary/aromatic N) is 4. The Morgan fingerprint density at radius 2 is 1.78 bits per heavy atom. The Morgan fingerprint density at radius 3 is 2.35 bits per heavy atom. The second-order valence-corrected chi connectivity index (χ2v) is 7.56. The summed E-state index contributed by atoms with van der Waals surface area (Å²) in [4.78, 5) is 6.46. The number of aromatic nitrogens is 2. The van der Waals surface area contributed by atoms with Crippen LogP contribution in [0, 0.1) is 13.8 Å². The molecule has 0 unspecified atom stereocenters. The minimum absolute atomic E-state index is 0.208. The fourth-order valence-electron chi connectivity index (χ4n) is 2.85. The van der Waals surface area contributed by atoms with Gasteiger partial charge in [0, 0.05) is 45.1 Å². The Morgan fingerprint density at radius 1 is 1.13 bits per heavy atom. The fourth-order valence-corrected chi connectivity index (χ4v) is 4.56. The molecular formula is C15H20N4O3S. The van der Waals surface area contributed by atoms with Crippen LogP contribution >= 0.6 is 0 Å². The maximum Gasteiger partial charge on any atom is 0.248 e. The first-order valence-electron chi connectivity index (χ1n) is 7.53. The average molecular weight is 336 g/mol. The van der Waals surface area contributed by atoms with Crippen LogP contribution in [0.15, 0.2) is 33.9 Å². The van der Waals surface area contributed by atoms with Gasteiger partial charge in [-0.2, -0.15) is 4.31 Å². The minimum Gasteiger partial charge on any atom is -0.360 e. The number of aryl methyl sites for hydroxylation is 2. The highest BCUT2D eigenvalue weighted by Crippen LogP contribution is 2.24. The molecule has 8 heteroatoms. The number of hydrogen-bond donors (Lipinski definition) is 0. The minimum atomic E-state index is -3.54. The molecule has 0 bridgehead atoms. The molecule has 0 saturated carbocycles. The second kappa shape index (κ2) is 6.38. The summed E-state index contributed by atoms with van der Waals surface area (Å²) in [5.41, 5.74) is 1.60. The van der Waals surface area contributed by atoms with Crippen molar-refractivity contribution in [2.24, 2.45) is 0 Å². The monoisotopic (exact) mass is 336 g/mol. The summed E-state index contributed by atoms with van der Waals surface area (Å²) >= 11 is 0. The fraction of sp³-hybridized carbons (Fsp3) is 0.467. The van der Waals surface area contributed by atoms with Gasteiger partial charge in [-0.3, -0.25) is 9.88 Å². The molecular weight excluding hydrogens is 316 g/mol. The Bertz CT molecular complexity index is 746. The summed E-state index contributed by atoms with van der Waals surface area (Å²) in [5, 5.41) is 3.75. The number of rotatable bonds is 4. The molecule has 1 aliphatic heterocycles. The van der Waals surface area contributed by atoms with Crippen molar-refractivity contribution in [2.45, 2.75) is 25.3 Å². The standard InChI is InChI=1S/C15H20N4O3S/c1-12-15(13(2)22-17-12)23(20,21)19-9-7-18(8-10-19)11-14-3-5-16-6-4-14/h3-6H,7-11H2,1-2H3. The Labute approximate surface area is 136 Å². The van der Waals surface area contributed by atoms with Gasteiger partial charge in [0.05, 0.1) is 0 Å². The van der Waals surface area contributed by atoms with Gasteiger partial charge in [-0.1, -0.05) is 5.16 Å². The van der Waals surface area contributed by atoms with Crippen molar-refractivity contribution in [2.75, 3.05) is 26.2 Å². The quantitative estimate of drug-likeness (QED) is 0.834. The van der Waals surface area contributed by atoms with Crippen LogP contribution in [0.5, 0.6) is 0 Å². The van der Waals surface area contributed by atoms with Gasteiger partial charge in [-0.25, -0.2) is 8.42 Å². The van der Waals surface area contributed by atoms with Crippen molar-refractivity contribution in [3.63, 3.8) is 0 Å². The van der Waals surface area contributed by atoms with Crippen molar-refractivity contribution in [1.29, 1.82) is 0 Å². The van der Waals surface area contributed by atoms with Gasteiger partial charge in [0.25, 0.3) is 0 Å². The van der Waals surface area contributed by atoms with E-state index in [2.05, 4.69) is 15.0 Å². The van der Waals surface area contributed by atoms with E-state index in [1.165, 1.54) is 9.87 Å². The van der Waals surface area contributed by atoms with Crippen LogP contribution in [0.4, 0.5) is 0 Å². The van der Waals surface area contributed by atoms with E-state index < -0.39 is 10.0 Å². The van der Waals surface area contributed by atoms with E-state index in [1.807, 2.05) is 12.1 Å². The highest BCUT2D eigenvalue weighted by atomic mass is 32.2. The van der Waals surface area contributed by atoms with Crippen molar-refractivity contribution >= 4 is 10.0 Å². The first-order valence-corrected chi connectivity index (χ1v) is 8.97. The van der Waals surface area contributed by atoms with E-state index in [4.69, 9.17) is 4.52 Å². The first-order chi connectivity index (χ1) is 11.0. The molecule has 2 aromatic heterocycles. The molecule has 3 heterocycles. The largest absolute Gasteiger partial charge is 0.360 e. The van der Waals surface area contributed by atoms with Gasteiger partial charge < -0.3 is 4.52 Å². The third kappa shape index (κ3) is 3.29. The molecule has 124 valence electrons.